The van der Waals surface area contributed by atoms with E-state index in [1.165, 1.54) is 62.1 Å². The number of anilines is 2. The number of aromatic nitrogens is 2. The summed E-state index contributed by atoms with van der Waals surface area (Å²) >= 11 is 0. The van der Waals surface area contributed by atoms with E-state index in [1.807, 2.05) is 0 Å². The SMILES string of the molecule is CN(c1cccc(C(F)(F)F)c1)S(=O)(=O)c1cccc(/C=C/C(=O)Nc2ccncn2)c1. The minimum Gasteiger partial charge on any atom is -0.307 e. The van der Waals surface area contributed by atoms with E-state index in [4.69, 9.17) is 0 Å². The average Bonchev–Trinajstić information content (AvgIpc) is 2.77. The smallest absolute Gasteiger partial charge is 0.307 e. The molecule has 1 heterocycles. The van der Waals surface area contributed by atoms with Crippen molar-refractivity contribution in [1.82, 2.24) is 9.97 Å². The number of halogens is 3. The summed E-state index contributed by atoms with van der Waals surface area (Å²) in [6, 6.07) is 11.2. The van der Waals surface area contributed by atoms with E-state index in [1.54, 1.807) is 6.07 Å². The number of nitrogens with one attached hydrogen (secondary N) is 1. The van der Waals surface area contributed by atoms with Crippen molar-refractivity contribution in [2.45, 2.75) is 11.1 Å². The summed E-state index contributed by atoms with van der Waals surface area (Å²) in [7, 11) is -2.98. The van der Waals surface area contributed by atoms with Crippen molar-refractivity contribution in [3.8, 4) is 0 Å². The van der Waals surface area contributed by atoms with Crippen LogP contribution in [0.5, 0.6) is 0 Å². The third-order valence-corrected chi connectivity index (χ3v) is 6.10. The van der Waals surface area contributed by atoms with Gasteiger partial charge in [0.05, 0.1) is 16.1 Å². The number of hydrogen-bond donors (Lipinski definition) is 1. The maximum Gasteiger partial charge on any atom is 0.416 e. The summed E-state index contributed by atoms with van der Waals surface area (Å²) in [5.41, 5.74) is -0.685. The number of carbonyl (C=O) groups excluding carboxylic acids is 1. The monoisotopic (exact) mass is 462 g/mol. The molecule has 0 saturated heterocycles. The number of sulfonamides is 1. The van der Waals surface area contributed by atoms with Crippen LogP contribution in [0.4, 0.5) is 24.7 Å². The van der Waals surface area contributed by atoms with Gasteiger partial charge in [-0.15, -0.1) is 0 Å². The lowest BCUT2D eigenvalue weighted by Crippen LogP contribution is -2.27. The Morgan fingerprint density at radius 1 is 1.09 bits per heavy atom. The van der Waals surface area contributed by atoms with Gasteiger partial charge in [-0.05, 0) is 48.0 Å². The van der Waals surface area contributed by atoms with Gasteiger partial charge in [-0.2, -0.15) is 13.2 Å². The van der Waals surface area contributed by atoms with E-state index in [0.717, 1.165) is 22.5 Å². The molecule has 1 aromatic heterocycles. The summed E-state index contributed by atoms with van der Waals surface area (Å²) in [5.74, 6) is -0.188. The first-order valence-corrected chi connectivity index (χ1v) is 10.5. The molecule has 7 nitrogen and oxygen atoms in total. The van der Waals surface area contributed by atoms with Crippen LogP contribution in [0.15, 0.2) is 78.1 Å². The molecule has 1 amide bonds. The lowest BCUT2D eigenvalue weighted by atomic mass is 10.2. The van der Waals surface area contributed by atoms with Gasteiger partial charge in [-0.1, -0.05) is 18.2 Å². The van der Waals surface area contributed by atoms with Gasteiger partial charge in [0.15, 0.2) is 0 Å². The van der Waals surface area contributed by atoms with Gasteiger partial charge in [0, 0.05) is 19.3 Å². The molecule has 3 aromatic rings. The Balaban J connectivity index is 1.81. The van der Waals surface area contributed by atoms with E-state index in [9.17, 15) is 26.4 Å². The van der Waals surface area contributed by atoms with Crippen LogP contribution < -0.4 is 9.62 Å². The molecule has 1 N–H and O–H groups in total. The Bertz CT molecular complexity index is 1250. The summed E-state index contributed by atoms with van der Waals surface area (Å²) in [4.78, 5) is 19.4. The molecule has 32 heavy (non-hydrogen) atoms. The maximum atomic E-state index is 13.0. The Morgan fingerprint density at radius 3 is 2.53 bits per heavy atom. The van der Waals surface area contributed by atoms with Crippen LogP contribution in [0.2, 0.25) is 0 Å². The summed E-state index contributed by atoms with van der Waals surface area (Å²) in [5, 5.41) is 2.52. The Hall–Kier alpha value is -3.73. The lowest BCUT2D eigenvalue weighted by molar-refractivity contribution is -0.137. The fraction of sp³-hybridized carbons (Fsp3) is 0.0952. The van der Waals surface area contributed by atoms with Crippen molar-refractivity contribution in [1.29, 1.82) is 0 Å². The number of rotatable bonds is 6. The zero-order valence-corrected chi connectivity index (χ0v) is 17.4. The van der Waals surface area contributed by atoms with E-state index in [0.29, 0.717) is 11.4 Å². The van der Waals surface area contributed by atoms with E-state index < -0.39 is 27.7 Å². The normalized spacial score (nSPS) is 12.0. The number of hydrogen-bond acceptors (Lipinski definition) is 5. The molecule has 2 aromatic carbocycles. The molecular weight excluding hydrogens is 445 g/mol. The fourth-order valence-electron chi connectivity index (χ4n) is 2.66. The molecule has 11 heteroatoms. The second-order valence-electron chi connectivity index (χ2n) is 6.51. The van der Waals surface area contributed by atoms with Crippen molar-refractivity contribution in [2.24, 2.45) is 0 Å². The molecule has 0 bridgehead atoms. The highest BCUT2D eigenvalue weighted by Crippen LogP contribution is 2.32. The molecule has 0 aliphatic rings. The first-order chi connectivity index (χ1) is 15.1. The van der Waals surface area contributed by atoms with Gasteiger partial charge in [0.1, 0.15) is 12.1 Å². The summed E-state index contributed by atoms with van der Waals surface area (Å²) < 4.78 is 65.6. The summed E-state index contributed by atoms with van der Waals surface area (Å²) in [6.07, 6.45) is 0.734. The second kappa shape index (κ2) is 9.18. The second-order valence-corrected chi connectivity index (χ2v) is 8.48. The number of carbonyl (C=O) groups is 1. The number of benzene rings is 2. The van der Waals surface area contributed by atoms with E-state index in [2.05, 4.69) is 15.3 Å². The third-order valence-electron chi connectivity index (χ3n) is 4.31. The predicted molar refractivity (Wildman–Crippen MR) is 113 cm³/mol. The third kappa shape index (κ3) is 5.49. The zero-order chi connectivity index (χ0) is 23.4. The van der Waals surface area contributed by atoms with E-state index >= 15 is 0 Å². The van der Waals surface area contributed by atoms with Gasteiger partial charge in [-0.25, -0.2) is 18.4 Å². The first-order valence-electron chi connectivity index (χ1n) is 9.09. The van der Waals surface area contributed by atoms with Gasteiger partial charge >= 0.3 is 6.18 Å². The number of nitrogens with zero attached hydrogens (tertiary/aromatic N) is 3. The van der Waals surface area contributed by atoms with Crippen LogP contribution in [0.1, 0.15) is 11.1 Å². The van der Waals surface area contributed by atoms with Crippen molar-refractivity contribution in [3.63, 3.8) is 0 Å². The summed E-state index contributed by atoms with van der Waals surface area (Å²) in [6.45, 7) is 0. The zero-order valence-electron chi connectivity index (χ0n) is 16.6. The van der Waals surface area contributed by atoms with Crippen LogP contribution in [0.3, 0.4) is 0 Å². The molecule has 0 aliphatic carbocycles. The van der Waals surface area contributed by atoms with Crippen molar-refractivity contribution >= 4 is 33.5 Å². The molecule has 0 aliphatic heterocycles. The fourth-order valence-corrected chi connectivity index (χ4v) is 3.90. The van der Waals surface area contributed by atoms with E-state index in [-0.39, 0.29) is 10.6 Å². The average molecular weight is 462 g/mol. The quantitative estimate of drug-likeness (QED) is 0.560. The lowest BCUT2D eigenvalue weighted by Gasteiger charge is -2.21. The molecule has 0 saturated carbocycles. The Kier molecular flexibility index (Phi) is 6.58. The first kappa shape index (κ1) is 22.9. The molecule has 0 atom stereocenters. The van der Waals surface area contributed by atoms with Gasteiger partial charge in [0.25, 0.3) is 10.0 Å². The molecule has 3 rings (SSSR count). The van der Waals surface area contributed by atoms with Crippen molar-refractivity contribution in [3.05, 3.63) is 84.3 Å². The van der Waals surface area contributed by atoms with Gasteiger partial charge < -0.3 is 5.32 Å². The molecule has 0 radical (unpaired) electrons. The van der Waals surface area contributed by atoms with Crippen molar-refractivity contribution in [2.75, 3.05) is 16.7 Å². The molecular formula is C21H17F3N4O3S. The van der Waals surface area contributed by atoms with Crippen LogP contribution >= 0.6 is 0 Å². The maximum absolute atomic E-state index is 13.0. The van der Waals surface area contributed by atoms with Crippen LogP contribution in [-0.4, -0.2) is 31.3 Å². The highest BCUT2D eigenvalue weighted by molar-refractivity contribution is 7.92. The van der Waals surface area contributed by atoms with Gasteiger partial charge in [-0.3, -0.25) is 9.10 Å². The Morgan fingerprint density at radius 2 is 1.84 bits per heavy atom. The molecule has 166 valence electrons. The van der Waals surface area contributed by atoms with Crippen molar-refractivity contribution < 1.29 is 26.4 Å². The van der Waals surface area contributed by atoms with Crippen LogP contribution in [0, 0.1) is 0 Å². The largest absolute Gasteiger partial charge is 0.416 e. The minimum atomic E-state index is -4.60. The predicted octanol–water partition coefficient (Wildman–Crippen LogP) is 3.97. The standard InChI is InChI=1S/C21H17F3N4O3S/c1-28(17-6-3-5-16(13-17)21(22,23)24)32(30,31)18-7-2-4-15(12-18)8-9-20(29)27-19-10-11-25-14-26-19/h2-14H,1H3,(H,25,26,27,29)/b9-8+. The Labute approximate surface area is 182 Å². The van der Waals surface area contributed by atoms with Crippen LogP contribution in [-0.2, 0) is 21.0 Å². The minimum absolute atomic E-state index is 0.134. The number of alkyl halides is 3. The van der Waals surface area contributed by atoms with Gasteiger partial charge in [0.2, 0.25) is 5.91 Å². The number of amides is 1. The molecule has 0 spiro atoms. The highest BCUT2D eigenvalue weighted by atomic mass is 32.2. The topological polar surface area (TPSA) is 92.3 Å². The highest BCUT2D eigenvalue weighted by Gasteiger charge is 2.31. The van der Waals surface area contributed by atoms with Crippen LogP contribution in [0.25, 0.3) is 6.08 Å². The molecule has 0 fully saturated rings. The molecule has 0 unspecified atom stereocenters.